The van der Waals surface area contributed by atoms with E-state index in [2.05, 4.69) is 38.3 Å². The maximum Gasteiger partial charge on any atom is 0.273 e. The van der Waals surface area contributed by atoms with Gasteiger partial charge in [-0.05, 0) is 35.4 Å². The van der Waals surface area contributed by atoms with Crippen molar-refractivity contribution in [2.24, 2.45) is 0 Å². The Labute approximate surface area is 187 Å². The van der Waals surface area contributed by atoms with Gasteiger partial charge in [-0.3, -0.25) is 9.89 Å². The molecule has 1 unspecified atom stereocenters. The lowest BCUT2D eigenvalue weighted by atomic mass is 9.96. The van der Waals surface area contributed by atoms with Crippen molar-refractivity contribution in [3.8, 4) is 11.3 Å². The first-order valence-corrected chi connectivity index (χ1v) is 10.7. The Balaban J connectivity index is 1.66. The van der Waals surface area contributed by atoms with Gasteiger partial charge in [0.15, 0.2) is 0 Å². The normalized spacial score (nSPS) is 15.5. The van der Waals surface area contributed by atoms with Crippen LogP contribution in [0.1, 0.15) is 33.2 Å². The molecule has 148 valence electrons. The van der Waals surface area contributed by atoms with Crippen LogP contribution in [0.5, 0.6) is 0 Å². The van der Waals surface area contributed by atoms with Crippen LogP contribution in [0.15, 0.2) is 83.3 Å². The molecule has 6 heteroatoms. The molecule has 0 bridgehead atoms. The number of nitrogens with one attached hydrogen (secondary N) is 1. The summed E-state index contributed by atoms with van der Waals surface area (Å²) in [6, 6.07) is 25.4. The van der Waals surface area contributed by atoms with Gasteiger partial charge >= 0.3 is 0 Å². The quantitative estimate of drug-likeness (QED) is 0.377. The number of nitrogens with zero attached hydrogens (tertiary/aromatic N) is 2. The number of H-pyrrole nitrogens is 1. The van der Waals surface area contributed by atoms with Crippen molar-refractivity contribution in [3.63, 3.8) is 0 Å². The second-order valence-electron chi connectivity index (χ2n) is 7.24. The topological polar surface area (TPSA) is 49.0 Å². The van der Waals surface area contributed by atoms with E-state index in [1.165, 1.54) is 0 Å². The molecular formula is C24H17BrClN3O. The van der Waals surface area contributed by atoms with Crippen LogP contribution in [-0.4, -0.2) is 21.0 Å². The molecule has 1 aliphatic rings. The molecule has 0 spiro atoms. The van der Waals surface area contributed by atoms with Crippen LogP contribution in [0.4, 0.5) is 0 Å². The molecule has 0 saturated carbocycles. The van der Waals surface area contributed by atoms with Crippen molar-refractivity contribution in [3.05, 3.63) is 111 Å². The van der Waals surface area contributed by atoms with Gasteiger partial charge in [-0.2, -0.15) is 5.10 Å². The van der Waals surface area contributed by atoms with Gasteiger partial charge in [0.1, 0.15) is 5.69 Å². The molecule has 1 aromatic heterocycles. The number of aromatic amines is 1. The number of carbonyl (C=O) groups is 1. The van der Waals surface area contributed by atoms with Gasteiger partial charge in [-0.25, -0.2) is 0 Å². The lowest BCUT2D eigenvalue weighted by Crippen LogP contribution is -2.29. The Morgan fingerprint density at radius 1 is 1.00 bits per heavy atom. The number of amides is 1. The maximum absolute atomic E-state index is 13.4. The van der Waals surface area contributed by atoms with Crippen LogP contribution < -0.4 is 0 Å². The minimum absolute atomic E-state index is 0.0495. The third kappa shape index (κ3) is 3.34. The van der Waals surface area contributed by atoms with E-state index >= 15 is 0 Å². The van der Waals surface area contributed by atoms with E-state index in [9.17, 15) is 4.79 Å². The summed E-state index contributed by atoms with van der Waals surface area (Å²) in [5, 5.41) is 8.16. The number of aromatic nitrogens is 2. The molecule has 0 aliphatic carbocycles. The van der Waals surface area contributed by atoms with Crippen LogP contribution >= 0.6 is 27.5 Å². The van der Waals surface area contributed by atoms with Gasteiger partial charge in [0.25, 0.3) is 5.91 Å². The summed E-state index contributed by atoms with van der Waals surface area (Å²) in [6.07, 6.45) is 0. The lowest BCUT2D eigenvalue weighted by Gasteiger charge is -2.26. The highest BCUT2D eigenvalue weighted by Gasteiger charge is 2.42. The zero-order valence-corrected chi connectivity index (χ0v) is 18.2. The molecule has 1 amide bonds. The van der Waals surface area contributed by atoms with Gasteiger partial charge in [-0.1, -0.05) is 82.1 Å². The van der Waals surface area contributed by atoms with Crippen molar-refractivity contribution in [1.29, 1.82) is 0 Å². The third-order valence-electron chi connectivity index (χ3n) is 5.34. The highest BCUT2D eigenvalue weighted by Crippen LogP contribution is 2.44. The molecule has 2 heterocycles. The van der Waals surface area contributed by atoms with Crippen molar-refractivity contribution in [2.45, 2.75) is 12.6 Å². The van der Waals surface area contributed by atoms with E-state index in [1.807, 2.05) is 71.6 Å². The van der Waals surface area contributed by atoms with E-state index in [-0.39, 0.29) is 11.9 Å². The first-order chi connectivity index (χ1) is 14.6. The smallest absolute Gasteiger partial charge is 0.273 e. The van der Waals surface area contributed by atoms with E-state index in [0.29, 0.717) is 17.3 Å². The number of benzene rings is 3. The Morgan fingerprint density at radius 2 is 1.77 bits per heavy atom. The zero-order chi connectivity index (χ0) is 20.7. The molecule has 5 rings (SSSR count). The summed E-state index contributed by atoms with van der Waals surface area (Å²) < 4.78 is 0.970. The highest BCUT2D eigenvalue weighted by atomic mass is 79.9. The molecule has 1 atom stereocenters. The third-order valence-corrected chi connectivity index (χ3v) is 6.09. The lowest BCUT2D eigenvalue weighted by molar-refractivity contribution is 0.0730. The first kappa shape index (κ1) is 19.1. The van der Waals surface area contributed by atoms with Gasteiger partial charge in [0.05, 0.1) is 11.7 Å². The maximum atomic E-state index is 13.4. The molecule has 0 saturated heterocycles. The van der Waals surface area contributed by atoms with E-state index in [4.69, 9.17) is 11.6 Å². The number of rotatable bonds is 4. The molecule has 4 nitrogen and oxygen atoms in total. The van der Waals surface area contributed by atoms with Gasteiger partial charge < -0.3 is 4.90 Å². The van der Waals surface area contributed by atoms with Gasteiger partial charge in [-0.15, -0.1) is 0 Å². The predicted molar refractivity (Wildman–Crippen MR) is 121 cm³/mol. The molecule has 0 fully saturated rings. The summed E-state index contributed by atoms with van der Waals surface area (Å²) in [4.78, 5) is 15.3. The molecule has 1 aliphatic heterocycles. The number of hydrogen-bond donors (Lipinski definition) is 1. The molecule has 1 N–H and O–H groups in total. The first-order valence-electron chi connectivity index (χ1n) is 9.56. The average molecular weight is 479 g/mol. The second-order valence-corrected chi connectivity index (χ2v) is 8.60. The van der Waals surface area contributed by atoms with E-state index < -0.39 is 0 Å². The fraction of sp³-hybridized carbons (Fsp3) is 0.0833. The zero-order valence-electron chi connectivity index (χ0n) is 15.8. The molecule has 30 heavy (non-hydrogen) atoms. The summed E-state index contributed by atoms with van der Waals surface area (Å²) in [7, 11) is 0. The largest absolute Gasteiger partial charge is 0.322 e. The van der Waals surface area contributed by atoms with Gasteiger partial charge in [0, 0.05) is 27.2 Å². The van der Waals surface area contributed by atoms with Gasteiger partial charge in [0.2, 0.25) is 0 Å². The van der Waals surface area contributed by atoms with Crippen LogP contribution in [0, 0.1) is 0 Å². The summed E-state index contributed by atoms with van der Waals surface area (Å²) in [5.74, 6) is -0.0495. The molecular weight excluding hydrogens is 462 g/mol. The predicted octanol–water partition coefficient (Wildman–Crippen LogP) is 6.24. The Kier molecular flexibility index (Phi) is 4.93. The second kappa shape index (κ2) is 7.74. The minimum Gasteiger partial charge on any atom is -0.322 e. The fourth-order valence-corrected chi connectivity index (χ4v) is 4.53. The SMILES string of the molecule is O=C1c2[nH]nc(-c3ccc(Cl)cc3)c2C(c2cccc(Br)c2)N1Cc1ccccc1. The number of fused-ring (bicyclic) bond motifs is 1. The Bertz CT molecular complexity index is 1220. The summed E-state index contributed by atoms with van der Waals surface area (Å²) in [6.45, 7) is 0.513. The fourth-order valence-electron chi connectivity index (χ4n) is 3.99. The summed E-state index contributed by atoms with van der Waals surface area (Å²) >= 11 is 9.64. The Morgan fingerprint density at radius 3 is 2.50 bits per heavy atom. The highest BCUT2D eigenvalue weighted by molar-refractivity contribution is 9.10. The number of hydrogen-bond acceptors (Lipinski definition) is 2. The number of halogens is 2. The van der Waals surface area contributed by atoms with Crippen molar-refractivity contribution in [1.82, 2.24) is 15.1 Å². The standard InChI is InChI=1S/C24H17BrClN3O/c25-18-8-4-7-17(13-18)23-20-21(16-9-11-19(26)12-10-16)27-28-22(20)24(30)29(23)14-15-5-2-1-3-6-15/h1-13,23H,14H2,(H,27,28). The molecule has 3 aromatic carbocycles. The number of carbonyl (C=O) groups excluding carboxylic acids is 1. The Hall–Kier alpha value is -2.89. The monoisotopic (exact) mass is 477 g/mol. The van der Waals surface area contributed by atoms with Crippen molar-refractivity contribution >= 4 is 33.4 Å². The van der Waals surface area contributed by atoms with Crippen LogP contribution in [0.25, 0.3) is 11.3 Å². The van der Waals surface area contributed by atoms with Crippen molar-refractivity contribution in [2.75, 3.05) is 0 Å². The minimum atomic E-state index is -0.241. The summed E-state index contributed by atoms with van der Waals surface area (Å²) in [5.41, 5.74) is 5.25. The van der Waals surface area contributed by atoms with Crippen LogP contribution in [-0.2, 0) is 6.54 Å². The molecule has 4 aromatic rings. The van der Waals surface area contributed by atoms with Crippen molar-refractivity contribution < 1.29 is 4.79 Å². The van der Waals surface area contributed by atoms with E-state index in [1.54, 1.807) is 0 Å². The molecule has 0 radical (unpaired) electrons. The van der Waals surface area contributed by atoms with Crippen LogP contribution in [0.3, 0.4) is 0 Å². The van der Waals surface area contributed by atoms with E-state index in [0.717, 1.165) is 32.4 Å². The van der Waals surface area contributed by atoms with Crippen LogP contribution in [0.2, 0.25) is 5.02 Å². The average Bonchev–Trinajstić information content (AvgIpc) is 3.29.